The molecule has 1 atom stereocenters. The summed E-state index contributed by atoms with van der Waals surface area (Å²) in [6.45, 7) is 6.98. The second-order valence-corrected chi connectivity index (χ2v) is 10.3. The van der Waals surface area contributed by atoms with E-state index >= 15 is 0 Å². The lowest BCUT2D eigenvalue weighted by Crippen LogP contribution is -2.26. The lowest BCUT2D eigenvalue weighted by atomic mass is 10.2. The smallest absolute Gasteiger partial charge is 0.151 e. The van der Waals surface area contributed by atoms with Crippen molar-refractivity contribution in [2.45, 2.75) is 38.9 Å². The normalized spacial score (nSPS) is 16.8. The summed E-state index contributed by atoms with van der Waals surface area (Å²) in [6, 6.07) is 8.72. The van der Waals surface area contributed by atoms with Gasteiger partial charge in [0.05, 0.1) is 27.8 Å². The highest BCUT2D eigenvalue weighted by Gasteiger charge is 2.21. The zero-order valence-corrected chi connectivity index (χ0v) is 19.7. The van der Waals surface area contributed by atoms with Gasteiger partial charge in [0.25, 0.3) is 0 Å². The van der Waals surface area contributed by atoms with Gasteiger partial charge < -0.3 is 16.4 Å². The van der Waals surface area contributed by atoms with Crippen LogP contribution in [0.3, 0.4) is 0 Å². The third-order valence-electron chi connectivity index (χ3n) is 5.32. The number of anilines is 3. The predicted octanol–water partition coefficient (Wildman–Crippen LogP) is 4.31. The van der Waals surface area contributed by atoms with Crippen molar-refractivity contribution < 1.29 is 0 Å². The molecule has 0 radical (unpaired) electrons. The van der Waals surface area contributed by atoms with E-state index in [1.165, 1.54) is 0 Å². The average Bonchev–Trinajstić information content (AvgIpc) is 3.49. The molecule has 0 bridgehead atoms. The maximum atomic E-state index is 6.03. The number of pyridine rings is 1. The van der Waals surface area contributed by atoms with Crippen molar-refractivity contribution >= 4 is 50.1 Å². The van der Waals surface area contributed by atoms with Crippen LogP contribution in [-0.2, 0) is 6.54 Å². The molecule has 0 aliphatic carbocycles. The van der Waals surface area contributed by atoms with Crippen LogP contribution >= 0.6 is 22.7 Å². The number of hydrogen-bond donors (Lipinski definition) is 3. The number of nitrogens with zero attached hydrogens (tertiary/aromatic N) is 5. The van der Waals surface area contributed by atoms with Gasteiger partial charge >= 0.3 is 0 Å². The zero-order valence-electron chi connectivity index (χ0n) is 18.1. The predicted molar refractivity (Wildman–Crippen MR) is 133 cm³/mol. The molecule has 166 valence electrons. The monoisotopic (exact) mass is 466 g/mol. The maximum absolute atomic E-state index is 6.03. The number of benzene rings is 1. The molecule has 10 heteroatoms. The fourth-order valence-corrected chi connectivity index (χ4v) is 5.45. The van der Waals surface area contributed by atoms with Gasteiger partial charge in [-0.3, -0.25) is 4.90 Å². The summed E-state index contributed by atoms with van der Waals surface area (Å²) in [4.78, 5) is 11.3. The number of hydrogen-bond acceptors (Lipinski definition) is 10. The van der Waals surface area contributed by atoms with E-state index in [9.17, 15) is 0 Å². The largest absolute Gasteiger partial charge is 0.382 e. The van der Waals surface area contributed by atoms with E-state index in [0.29, 0.717) is 0 Å². The Morgan fingerprint density at radius 1 is 1.22 bits per heavy atom. The third-order valence-corrected chi connectivity index (χ3v) is 7.05. The van der Waals surface area contributed by atoms with Crippen LogP contribution < -0.4 is 16.4 Å². The summed E-state index contributed by atoms with van der Waals surface area (Å²) in [6.07, 6.45) is 2.91. The minimum Gasteiger partial charge on any atom is -0.382 e. The molecule has 1 unspecified atom stereocenters. The molecule has 0 spiro atoms. The SMILES string of the molecule is CC(C)Nc1cc(Nc2ccc3ncsc3c2)ncc1-c1nnc(CN2CCC(N)C2)s1. The highest BCUT2D eigenvalue weighted by atomic mass is 32.1. The molecule has 4 N–H and O–H groups in total. The van der Waals surface area contributed by atoms with Crippen LogP contribution in [0.4, 0.5) is 17.2 Å². The van der Waals surface area contributed by atoms with Crippen LogP contribution in [0.2, 0.25) is 0 Å². The van der Waals surface area contributed by atoms with Crippen molar-refractivity contribution in [3.63, 3.8) is 0 Å². The Morgan fingerprint density at radius 3 is 2.94 bits per heavy atom. The number of fused-ring (bicyclic) bond motifs is 1. The van der Waals surface area contributed by atoms with Crippen LogP contribution in [0.1, 0.15) is 25.3 Å². The average molecular weight is 467 g/mol. The van der Waals surface area contributed by atoms with Crippen molar-refractivity contribution in [1.29, 1.82) is 0 Å². The van der Waals surface area contributed by atoms with Crippen molar-refractivity contribution in [3.05, 3.63) is 41.0 Å². The first kappa shape index (κ1) is 21.2. The maximum Gasteiger partial charge on any atom is 0.151 e. The second kappa shape index (κ2) is 9.07. The second-order valence-electron chi connectivity index (χ2n) is 8.36. The molecule has 1 aromatic carbocycles. The molecule has 3 aromatic heterocycles. The Morgan fingerprint density at radius 2 is 2.12 bits per heavy atom. The first-order chi connectivity index (χ1) is 15.5. The lowest BCUT2D eigenvalue weighted by molar-refractivity contribution is 0.325. The van der Waals surface area contributed by atoms with E-state index in [1.54, 1.807) is 22.7 Å². The fraction of sp³-hybridized carbons (Fsp3) is 0.364. The van der Waals surface area contributed by atoms with E-state index < -0.39 is 0 Å². The van der Waals surface area contributed by atoms with Gasteiger partial charge in [0, 0.05) is 48.8 Å². The van der Waals surface area contributed by atoms with Gasteiger partial charge in [-0.25, -0.2) is 9.97 Å². The summed E-state index contributed by atoms with van der Waals surface area (Å²) in [5.74, 6) is 0.775. The molecular formula is C22H26N8S2. The highest BCUT2D eigenvalue weighted by molar-refractivity contribution is 7.16. The fourth-order valence-electron chi connectivity index (χ4n) is 3.83. The van der Waals surface area contributed by atoms with Crippen LogP contribution in [0, 0.1) is 0 Å². The van der Waals surface area contributed by atoms with Crippen molar-refractivity contribution in [2.75, 3.05) is 23.7 Å². The Balaban J connectivity index is 1.38. The number of thiazole rings is 1. The first-order valence-electron chi connectivity index (χ1n) is 10.7. The van der Waals surface area contributed by atoms with E-state index in [0.717, 1.165) is 69.0 Å². The van der Waals surface area contributed by atoms with Crippen LogP contribution in [-0.4, -0.2) is 50.2 Å². The Bertz CT molecular complexity index is 1220. The number of rotatable bonds is 7. The molecule has 5 rings (SSSR count). The topological polar surface area (TPSA) is 105 Å². The van der Waals surface area contributed by atoms with E-state index in [-0.39, 0.29) is 12.1 Å². The van der Waals surface area contributed by atoms with Gasteiger partial charge in [0.2, 0.25) is 0 Å². The molecule has 32 heavy (non-hydrogen) atoms. The number of nitrogens with two attached hydrogens (primary N) is 1. The van der Waals surface area contributed by atoms with Crippen LogP contribution in [0.15, 0.2) is 36.0 Å². The Labute approximate surface area is 194 Å². The first-order valence-corrected chi connectivity index (χ1v) is 12.4. The standard InChI is InChI=1S/C22H26N8S2/c1-13(2)26-18-8-20(27-15-3-4-17-19(7-15)31-12-25-17)24-9-16(18)22-29-28-21(32-22)11-30-6-5-14(23)10-30/h3-4,7-9,12-14H,5-6,10-11,23H2,1-2H3,(H2,24,26,27). The summed E-state index contributed by atoms with van der Waals surface area (Å²) in [5.41, 5.74) is 11.8. The van der Waals surface area contributed by atoms with Crippen molar-refractivity contribution in [3.8, 4) is 10.6 Å². The van der Waals surface area contributed by atoms with Gasteiger partial charge in [0.15, 0.2) is 5.01 Å². The lowest BCUT2D eigenvalue weighted by Gasteiger charge is -2.15. The Kier molecular flexibility index (Phi) is 6.01. The quantitative estimate of drug-likeness (QED) is 0.370. The molecule has 1 saturated heterocycles. The highest BCUT2D eigenvalue weighted by Crippen LogP contribution is 2.33. The summed E-state index contributed by atoms with van der Waals surface area (Å²) in [7, 11) is 0. The molecule has 4 heterocycles. The molecule has 1 fully saturated rings. The molecule has 0 saturated carbocycles. The van der Waals surface area contributed by atoms with Gasteiger partial charge in [-0.2, -0.15) is 0 Å². The van der Waals surface area contributed by atoms with E-state index in [2.05, 4.69) is 55.6 Å². The van der Waals surface area contributed by atoms with E-state index in [4.69, 9.17) is 5.73 Å². The van der Waals surface area contributed by atoms with Crippen LogP contribution in [0.25, 0.3) is 20.8 Å². The molecule has 4 aromatic rings. The van der Waals surface area contributed by atoms with E-state index in [1.807, 2.05) is 29.9 Å². The minimum atomic E-state index is 0.269. The van der Waals surface area contributed by atoms with Gasteiger partial charge in [-0.05, 0) is 38.5 Å². The number of likely N-dealkylation sites (tertiary alicyclic amines) is 1. The summed E-state index contributed by atoms with van der Waals surface area (Å²) >= 11 is 3.25. The van der Waals surface area contributed by atoms with Gasteiger partial charge in [-0.15, -0.1) is 21.5 Å². The molecule has 1 aliphatic heterocycles. The molecule has 1 aliphatic rings. The number of aromatic nitrogens is 4. The van der Waals surface area contributed by atoms with Crippen molar-refractivity contribution in [1.82, 2.24) is 25.1 Å². The van der Waals surface area contributed by atoms with Gasteiger partial charge in [-0.1, -0.05) is 11.3 Å². The van der Waals surface area contributed by atoms with Gasteiger partial charge in [0.1, 0.15) is 10.8 Å². The third kappa shape index (κ3) is 4.73. The molecule has 0 amide bonds. The number of nitrogens with one attached hydrogen (secondary N) is 2. The van der Waals surface area contributed by atoms with Crippen molar-refractivity contribution in [2.24, 2.45) is 5.73 Å². The van der Waals surface area contributed by atoms with Crippen LogP contribution in [0.5, 0.6) is 0 Å². The summed E-state index contributed by atoms with van der Waals surface area (Å²) < 4.78 is 1.15. The summed E-state index contributed by atoms with van der Waals surface area (Å²) in [5, 5.41) is 17.7. The zero-order chi connectivity index (χ0) is 22.1. The molecule has 8 nitrogen and oxygen atoms in total. The minimum absolute atomic E-state index is 0.269. The molecular weight excluding hydrogens is 440 g/mol. The Hall–Kier alpha value is -2.66.